The molecule has 3 heterocycles. The first-order chi connectivity index (χ1) is 9.78. The lowest BCUT2D eigenvalue weighted by atomic mass is 10.2. The van der Waals surface area contributed by atoms with Crippen LogP contribution in [0.5, 0.6) is 0 Å². The second-order valence-corrected chi connectivity index (χ2v) is 6.17. The molecule has 0 aliphatic carbocycles. The fraction of sp³-hybridized carbons (Fsp3) is 0.667. The summed E-state index contributed by atoms with van der Waals surface area (Å²) < 4.78 is 0. The monoisotopic (exact) mass is 294 g/mol. The molecule has 3 rings (SSSR count). The molecule has 1 unspecified atom stereocenters. The average molecular weight is 295 g/mol. The number of aromatic nitrogens is 1. The van der Waals surface area contributed by atoms with Gasteiger partial charge in [-0.3, -0.25) is 4.90 Å². The Morgan fingerprint density at radius 2 is 2.10 bits per heavy atom. The van der Waals surface area contributed by atoms with Crippen molar-refractivity contribution >= 4 is 17.4 Å². The molecule has 0 aromatic carbocycles. The zero-order valence-electron chi connectivity index (χ0n) is 12.1. The molecule has 2 fully saturated rings. The Bertz CT molecular complexity index is 459. The summed E-state index contributed by atoms with van der Waals surface area (Å²) in [6.45, 7) is 5.48. The Hall–Kier alpha value is -0.840. The zero-order chi connectivity index (χ0) is 13.9. The van der Waals surface area contributed by atoms with Gasteiger partial charge in [-0.25, -0.2) is 4.98 Å². The maximum absolute atomic E-state index is 6.18. The van der Waals surface area contributed by atoms with E-state index in [4.69, 9.17) is 16.6 Å². The minimum Gasteiger partial charge on any atom is -0.355 e. The number of likely N-dealkylation sites (tertiary alicyclic amines) is 1. The van der Waals surface area contributed by atoms with Gasteiger partial charge in [-0.15, -0.1) is 0 Å². The van der Waals surface area contributed by atoms with Crippen molar-refractivity contribution in [1.29, 1.82) is 0 Å². The topological polar surface area (TPSA) is 31.4 Å². The quantitative estimate of drug-likeness (QED) is 0.922. The molecule has 0 spiro atoms. The van der Waals surface area contributed by atoms with Gasteiger partial charge in [0, 0.05) is 25.7 Å². The Kier molecular flexibility index (Phi) is 4.44. The van der Waals surface area contributed by atoms with E-state index in [1.165, 1.54) is 32.4 Å². The summed E-state index contributed by atoms with van der Waals surface area (Å²) in [5.74, 6) is 1.07. The van der Waals surface area contributed by atoms with Gasteiger partial charge in [-0.1, -0.05) is 11.6 Å². The molecule has 0 bridgehead atoms. The van der Waals surface area contributed by atoms with Gasteiger partial charge in [0.15, 0.2) is 0 Å². The molecule has 20 heavy (non-hydrogen) atoms. The first-order valence-corrected chi connectivity index (χ1v) is 7.95. The van der Waals surface area contributed by atoms with Crippen molar-refractivity contribution in [2.75, 3.05) is 38.1 Å². The predicted octanol–water partition coefficient (Wildman–Crippen LogP) is 2.13. The minimum atomic E-state index is 0.711. The lowest BCUT2D eigenvalue weighted by Crippen LogP contribution is -2.35. The van der Waals surface area contributed by atoms with Crippen LogP contribution in [0, 0.1) is 0 Å². The van der Waals surface area contributed by atoms with E-state index in [-0.39, 0.29) is 0 Å². The highest BCUT2D eigenvalue weighted by molar-refractivity contribution is 6.31. The molecule has 0 saturated carbocycles. The van der Waals surface area contributed by atoms with Crippen molar-refractivity contribution in [3.63, 3.8) is 0 Å². The van der Waals surface area contributed by atoms with Gasteiger partial charge in [0.2, 0.25) is 0 Å². The summed E-state index contributed by atoms with van der Waals surface area (Å²) in [4.78, 5) is 9.76. The molecule has 1 atom stereocenters. The van der Waals surface area contributed by atoms with Crippen LogP contribution in [0.3, 0.4) is 0 Å². The van der Waals surface area contributed by atoms with Gasteiger partial charge < -0.3 is 10.2 Å². The molecule has 1 aromatic rings. The standard InChI is InChI=1S/C15H23ClN4/c1-17-10-14-13(16)4-5-15(18-14)20-9-6-12(11-20)19-7-2-3-8-19/h4-5,12,17H,2-3,6-11H2,1H3. The molecule has 0 amide bonds. The van der Waals surface area contributed by atoms with E-state index < -0.39 is 0 Å². The minimum absolute atomic E-state index is 0.711. The molecule has 4 nitrogen and oxygen atoms in total. The molecule has 2 aliphatic heterocycles. The third-order valence-electron chi connectivity index (χ3n) is 4.39. The average Bonchev–Trinajstić information content (AvgIpc) is 3.11. The van der Waals surface area contributed by atoms with Gasteiger partial charge in [0.25, 0.3) is 0 Å². The maximum Gasteiger partial charge on any atom is 0.129 e. The van der Waals surface area contributed by atoms with Crippen LogP contribution in [0.4, 0.5) is 5.82 Å². The van der Waals surface area contributed by atoms with Gasteiger partial charge in [0.05, 0.1) is 10.7 Å². The first kappa shape index (κ1) is 14.1. The Balaban J connectivity index is 1.69. The molecule has 110 valence electrons. The summed E-state index contributed by atoms with van der Waals surface area (Å²) in [6, 6.07) is 4.73. The number of rotatable bonds is 4. The fourth-order valence-corrected chi connectivity index (χ4v) is 3.47. The smallest absolute Gasteiger partial charge is 0.129 e. The number of hydrogen-bond acceptors (Lipinski definition) is 4. The number of nitrogens with zero attached hydrogens (tertiary/aromatic N) is 3. The molecule has 1 aromatic heterocycles. The van der Waals surface area contributed by atoms with E-state index >= 15 is 0 Å². The molecular formula is C15H23ClN4. The molecular weight excluding hydrogens is 272 g/mol. The van der Waals surface area contributed by atoms with Crippen LogP contribution in [0.15, 0.2) is 12.1 Å². The van der Waals surface area contributed by atoms with Crippen LogP contribution in [0.2, 0.25) is 5.02 Å². The summed E-state index contributed by atoms with van der Waals surface area (Å²) in [5.41, 5.74) is 0.941. The van der Waals surface area contributed by atoms with E-state index in [0.29, 0.717) is 6.04 Å². The SMILES string of the molecule is CNCc1nc(N2CCC(N3CCCC3)C2)ccc1Cl. The van der Waals surface area contributed by atoms with Gasteiger partial charge in [-0.2, -0.15) is 0 Å². The highest BCUT2D eigenvalue weighted by Gasteiger charge is 2.29. The van der Waals surface area contributed by atoms with Crippen molar-refractivity contribution in [3.8, 4) is 0 Å². The van der Waals surface area contributed by atoms with Crippen molar-refractivity contribution in [1.82, 2.24) is 15.2 Å². The van der Waals surface area contributed by atoms with Crippen LogP contribution >= 0.6 is 11.6 Å². The zero-order valence-corrected chi connectivity index (χ0v) is 12.9. The molecule has 0 radical (unpaired) electrons. The van der Waals surface area contributed by atoms with Gasteiger partial charge in [-0.05, 0) is 51.5 Å². The predicted molar refractivity (Wildman–Crippen MR) is 83.4 cm³/mol. The summed E-state index contributed by atoms with van der Waals surface area (Å²) >= 11 is 6.18. The van der Waals surface area contributed by atoms with Crippen LogP contribution in [-0.4, -0.2) is 49.2 Å². The molecule has 2 aliphatic rings. The van der Waals surface area contributed by atoms with Gasteiger partial charge in [0.1, 0.15) is 5.82 Å². The lowest BCUT2D eigenvalue weighted by molar-refractivity contribution is 0.260. The third kappa shape index (κ3) is 2.92. The second-order valence-electron chi connectivity index (χ2n) is 5.76. The van der Waals surface area contributed by atoms with Crippen molar-refractivity contribution in [3.05, 3.63) is 22.8 Å². The van der Waals surface area contributed by atoms with Crippen LogP contribution in [0.1, 0.15) is 25.0 Å². The first-order valence-electron chi connectivity index (χ1n) is 7.57. The third-order valence-corrected chi connectivity index (χ3v) is 4.74. The number of halogens is 1. The van der Waals surface area contributed by atoms with Crippen molar-refractivity contribution in [2.24, 2.45) is 0 Å². The van der Waals surface area contributed by atoms with Crippen LogP contribution in [0.25, 0.3) is 0 Å². The Labute approximate surface area is 126 Å². The lowest BCUT2D eigenvalue weighted by Gasteiger charge is -2.24. The summed E-state index contributed by atoms with van der Waals surface area (Å²) in [7, 11) is 1.92. The number of anilines is 1. The normalized spacial score (nSPS) is 23.7. The molecule has 5 heteroatoms. The van der Waals surface area contributed by atoms with Gasteiger partial charge >= 0.3 is 0 Å². The molecule has 1 N–H and O–H groups in total. The number of hydrogen-bond donors (Lipinski definition) is 1. The Morgan fingerprint density at radius 3 is 2.85 bits per heavy atom. The number of nitrogens with one attached hydrogen (secondary N) is 1. The largest absolute Gasteiger partial charge is 0.355 e. The highest BCUT2D eigenvalue weighted by atomic mass is 35.5. The van der Waals surface area contributed by atoms with Crippen molar-refractivity contribution < 1.29 is 0 Å². The van der Waals surface area contributed by atoms with E-state index in [0.717, 1.165) is 36.2 Å². The van der Waals surface area contributed by atoms with Crippen LogP contribution < -0.4 is 10.2 Å². The van der Waals surface area contributed by atoms with Crippen LogP contribution in [-0.2, 0) is 6.54 Å². The summed E-state index contributed by atoms with van der Waals surface area (Å²) in [6.07, 6.45) is 3.98. The van der Waals surface area contributed by atoms with Crippen molar-refractivity contribution in [2.45, 2.75) is 31.8 Å². The second kappa shape index (κ2) is 6.29. The number of pyridine rings is 1. The van der Waals surface area contributed by atoms with E-state index in [1.807, 2.05) is 19.2 Å². The fourth-order valence-electron chi connectivity index (χ4n) is 3.30. The molecule has 2 saturated heterocycles. The van der Waals surface area contributed by atoms with E-state index in [2.05, 4.69) is 15.1 Å². The highest BCUT2D eigenvalue weighted by Crippen LogP contribution is 2.26. The van der Waals surface area contributed by atoms with E-state index in [9.17, 15) is 0 Å². The van der Waals surface area contributed by atoms with E-state index in [1.54, 1.807) is 0 Å². The summed E-state index contributed by atoms with van der Waals surface area (Å²) in [5, 5.41) is 3.87. The maximum atomic E-state index is 6.18. The Morgan fingerprint density at radius 1 is 1.30 bits per heavy atom.